The van der Waals surface area contributed by atoms with Crippen LogP contribution < -0.4 is 0 Å². The summed E-state index contributed by atoms with van der Waals surface area (Å²) in [5, 5.41) is 18.1. The zero-order valence-corrected chi connectivity index (χ0v) is 18.0. The maximum absolute atomic E-state index is 12.2. The Bertz CT molecular complexity index is 1170. The minimum absolute atomic E-state index is 0.189. The molecule has 2 atom stereocenters. The topological polar surface area (TPSA) is 115 Å². The Morgan fingerprint density at radius 1 is 1.17 bits per heavy atom. The molecule has 156 valence electrons. The van der Waals surface area contributed by atoms with E-state index >= 15 is 0 Å². The van der Waals surface area contributed by atoms with Gasteiger partial charge in [0.15, 0.2) is 11.6 Å². The van der Waals surface area contributed by atoms with E-state index in [9.17, 15) is 9.90 Å². The van der Waals surface area contributed by atoms with Crippen molar-refractivity contribution in [3.05, 3.63) is 41.0 Å². The number of aliphatic imine (C=N–C) groups is 1. The molecule has 30 heavy (non-hydrogen) atoms. The third-order valence-corrected chi connectivity index (χ3v) is 5.51. The number of halogens is 1. The van der Waals surface area contributed by atoms with Crippen LogP contribution in [0, 0.1) is 25.2 Å². The lowest BCUT2D eigenvalue weighted by Crippen LogP contribution is -2.33. The Labute approximate surface area is 177 Å². The second-order valence-electron chi connectivity index (χ2n) is 8.46. The van der Waals surface area contributed by atoms with E-state index in [1.165, 1.54) is 0 Å². The first-order valence-electron chi connectivity index (χ1n) is 9.45. The van der Waals surface area contributed by atoms with Crippen LogP contribution in [0.2, 0.25) is 0 Å². The molecule has 0 spiro atoms. The van der Waals surface area contributed by atoms with Gasteiger partial charge in [-0.1, -0.05) is 48.8 Å². The van der Waals surface area contributed by atoms with Crippen LogP contribution in [-0.4, -0.2) is 31.5 Å². The number of carboxylic acid groups (broad SMARTS) is 1. The maximum Gasteiger partial charge on any atom is 0.309 e. The number of carboxylic acids is 1. The number of benzene rings is 1. The third-order valence-electron chi connectivity index (χ3n) is 5.21. The summed E-state index contributed by atoms with van der Waals surface area (Å²) < 4.78 is 10.9. The Morgan fingerprint density at radius 3 is 2.50 bits per heavy atom. The highest BCUT2D eigenvalue weighted by molar-refractivity contribution is 6.70. The first kappa shape index (κ1) is 20.3. The molecule has 1 aliphatic rings. The molecule has 0 saturated carbocycles. The molecular weight excluding hydrogens is 408 g/mol. The van der Waals surface area contributed by atoms with Gasteiger partial charge in [0.05, 0.1) is 17.2 Å². The monoisotopic (exact) mass is 428 g/mol. The fourth-order valence-corrected chi connectivity index (χ4v) is 4.11. The molecular formula is C21H21ClN4O4. The van der Waals surface area contributed by atoms with Gasteiger partial charge in [-0.25, -0.2) is 0 Å². The average molecular weight is 429 g/mol. The Hall–Kier alpha value is -3.00. The normalized spacial score (nSPS) is 17.0. The van der Waals surface area contributed by atoms with Crippen LogP contribution in [0.5, 0.6) is 0 Å². The number of aliphatic carboxylic acids is 1. The number of nitrogens with zero attached hydrogens (tertiary/aromatic N) is 4. The highest BCUT2D eigenvalue weighted by atomic mass is 35.5. The standard InChI is InChI=1S/C21H21ClN4O4/c1-9-14-12-7-6-11(19-23-10(2)26-30-19)8-13(12)18(22)24-16(17(14)29-25-9)15(20(27)28)21(3,4)5/h6-8,15-16H,1-5H3,(H,27,28)/t15?,16-/m0/s1. The number of fused-ring (bicyclic) bond motifs is 3. The van der Waals surface area contributed by atoms with E-state index in [0.29, 0.717) is 39.9 Å². The van der Waals surface area contributed by atoms with Crippen molar-refractivity contribution in [1.82, 2.24) is 15.3 Å². The predicted octanol–water partition coefficient (Wildman–Crippen LogP) is 4.80. The highest BCUT2D eigenvalue weighted by Gasteiger charge is 2.44. The summed E-state index contributed by atoms with van der Waals surface area (Å²) in [6.45, 7) is 9.11. The summed E-state index contributed by atoms with van der Waals surface area (Å²) in [6.07, 6.45) is 0. The number of rotatable bonds is 3. The minimum atomic E-state index is -0.978. The number of hydrogen-bond donors (Lipinski definition) is 1. The van der Waals surface area contributed by atoms with Gasteiger partial charge in [0, 0.05) is 11.1 Å². The molecule has 1 aromatic carbocycles. The molecule has 1 aliphatic heterocycles. The van der Waals surface area contributed by atoms with Gasteiger partial charge in [0.25, 0.3) is 5.89 Å². The summed E-state index contributed by atoms with van der Waals surface area (Å²) in [6, 6.07) is 4.68. The van der Waals surface area contributed by atoms with Crippen LogP contribution in [0.3, 0.4) is 0 Å². The fourth-order valence-electron chi connectivity index (χ4n) is 3.85. The molecule has 1 N–H and O–H groups in total. The quantitative estimate of drug-likeness (QED) is 0.637. The first-order valence-corrected chi connectivity index (χ1v) is 9.83. The van der Waals surface area contributed by atoms with Crippen LogP contribution in [0.1, 0.15) is 49.7 Å². The van der Waals surface area contributed by atoms with Crippen LogP contribution in [0.15, 0.2) is 32.2 Å². The van der Waals surface area contributed by atoms with Gasteiger partial charge in [-0.2, -0.15) is 4.98 Å². The van der Waals surface area contributed by atoms with E-state index in [2.05, 4.69) is 20.3 Å². The van der Waals surface area contributed by atoms with Crippen molar-refractivity contribution >= 4 is 22.7 Å². The highest BCUT2D eigenvalue weighted by Crippen LogP contribution is 2.47. The zero-order chi connectivity index (χ0) is 21.8. The van der Waals surface area contributed by atoms with Crippen molar-refractivity contribution in [3.63, 3.8) is 0 Å². The lowest BCUT2D eigenvalue weighted by molar-refractivity contribution is -0.146. The van der Waals surface area contributed by atoms with Crippen LogP contribution in [0.25, 0.3) is 22.6 Å². The van der Waals surface area contributed by atoms with E-state index in [0.717, 1.165) is 5.56 Å². The Kier molecular flexibility index (Phi) is 4.77. The van der Waals surface area contributed by atoms with Crippen LogP contribution in [-0.2, 0) is 4.79 Å². The van der Waals surface area contributed by atoms with Gasteiger partial charge in [-0.3, -0.25) is 9.79 Å². The smallest absolute Gasteiger partial charge is 0.309 e. The molecule has 3 aromatic rings. The second kappa shape index (κ2) is 7.05. The molecule has 0 bridgehead atoms. The van der Waals surface area contributed by atoms with Crippen molar-refractivity contribution < 1.29 is 18.9 Å². The number of carbonyl (C=O) groups is 1. The summed E-state index contributed by atoms with van der Waals surface area (Å²) >= 11 is 6.64. The predicted molar refractivity (Wildman–Crippen MR) is 110 cm³/mol. The summed E-state index contributed by atoms with van der Waals surface area (Å²) in [5.41, 5.74) is 2.81. The lowest BCUT2D eigenvalue weighted by Gasteiger charge is -2.30. The molecule has 0 amide bonds. The minimum Gasteiger partial charge on any atom is -0.481 e. The Balaban J connectivity index is 1.95. The molecule has 0 radical (unpaired) electrons. The van der Waals surface area contributed by atoms with Crippen molar-refractivity contribution in [3.8, 4) is 22.6 Å². The summed E-state index contributed by atoms with van der Waals surface area (Å²) in [5.74, 6) is -0.570. The van der Waals surface area contributed by atoms with E-state index in [1.54, 1.807) is 13.0 Å². The molecule has 2 aromatic heterocycles. The largest absolute Gasteiger partial charge is 0.481 e. The third kappa shape index (κ3) is 3.31. The number of hydrogen-bond acceptors (Lipinski definition) is 7. The van der Waals surface area contributed by atoms with E-state index in [1.807, 2.05) is 39.8 Å². The van der Waals surface area contributed by atoms with Crippen molar-refractivity contribution in [2.45, 2.75) is 40.7 Å². The molecule has 0 fully saturated rings. The van der Waals surface area contributed by atoms with Gasteiger partial charge in [-0.05, 0) is 37.0 Å². The molecule has 1 unspecified atom stereocenters. The average Bonchev–Trinajstić information content (AvgIpc) is 3.22. The van der Waals surface area contributed by atoms with Crippen molar-refractivity contribution in [1.29, 1.82) is 0 Å². The number of aromatic nitrogens is 3. The Morgan fingerprint density at radius 2 is 1.90 bits per heavy atom. The molecule has 9 heteroatoms. The van der Waals surface area contributed by atoms with Gasteiger partial charge < -0.3 is 14.2 Å². The number of aryl methyl sites for hydroxylation is 2. The van der Waals surface area contributed by atoms with E-state index in [4.69, 9.17) is 20.6 Å². The second-order valence-corrected chi connectivity index (χ2v) is 8.82. The summed E-state index contributed by atoms with van der Waals surface area (Å²) in [4.78, 5) is 21.1. The van der Waals surface area contributed by atoms with Gasteiger partial charge in [-0.15, -0.1) is 0 Å². The zero-order valence-electron chi connectivity index (χ0n) is 17.2. The fraction of sp³-hybridized carbons (Fsp3) is 0.381. The van der Waals surface area contributed by atoms with Crippen LogP contribution >= 0.6 is 11.6 Å². The van der Waals surface area contributed by atoms with Gasteiger partial charge in [0.2, 0.25) is 0 Å². The first-order chi connectivity index (χ1) is 14.1. The SMILES string of the molecule is Cc1noc(-c2ccc3c(c2)C(Cl)=N[C@@H](C(C(=O)O)C(C)(C)C)c2onc(C)c2-3)n1. The molecule has 8 nitrogen and oxygen atoms in total. The molecule has 3 heterocycles. The van der Waals surface area contributed by atoms with Crippen LogP contribution in [0.4, 0.5) is 0 Å². The summed E-state index contributed by atoms with van der Waals surface area (Å²) in [7, 11) is 0. The molecule has 4 rings (SSSR count). The van der Waals surface area contributed by atoms with E-state index < -0.39 is 23.3 Å². The molecule has 0 saturated heterocycles. The van der Waals surface area contributed by atoms with Crippen molar-refractivity contribution in [2.24, 2.45) is 16.3 Å². The van der Waals surface area contributed by atoms with E-state index in [-0.39, 0.29) is 5.17 Å². The molecule has 0 aliphatic carbocycles. The maximum atomic E-state index is 12.2. The van der Waals surface area contributed by atoms with Gasteiger partial charge >= 0.3 is 5.97 Å². The lowest BCUT2D eigenvalue weighted by atomic mass is 9.75. The van der Waals surface area contributed by atoms with Crippen molar-refractivity contribution in [2.75, 3.05) is 0 Å². The van der Waals surface area contributed by atoms with Gasteiger partial charge in [0.1, 0.15) is 11.2 Å².